The molecule has 1 aromatic heterocycles. The van der Waals surface area contributed by atoms with Crippen LogP contribution in [0.15, 0.2) is 77.9 Å². The minimum Gasteiger partial charge on any atom is -0.497 e. The Hall–Kier alpha value is -3.93. The number of aromatic nitrogens is 1. The van der Waals surface area contributed by atoms with Crippen molar-refractivity contribution >= 4 is 23.0 Å². The number of benzene rings is 3. The molecule has 0 bridgehead atoms. The SMILES string of the molecule is COc1ccc2[nH]c(C(=O)NN=Cc3ccc(F)cc3)c(-c3ccccc3)c2c1. The first kappa shape index (κ1) is 18.4. The third kappa shape index (κ3) is 3.87. The quantitative estimate of drug-likeness (QED) is 0.383. The molecule has 2 N–H and O–H groups in total. The molecule has 0 radical (unpaired) electrons. The van der Waals surface area contributed by atoms with Gasteiger partial charge in [0.25, 0.3) is 5.91 Å². The van der Waals surface area contributed by atoms with Crippen molar-refractivity contribution in [3.05, 3.63) is 89.9 Å². The largest absolute Gasteiger partial charge is 0.497 e. The average molecular weight is 387 g/mol. The smallest absolute Gasteiger partial charge is 0.288 e. The van der Waals surface area contributed by atoms with E-state index in [1.807, 2.05) is 48.5 Å². The van der Waals surface area contributed by atoms with Crippen LogP contribution in [0.4, 0.5) is 4.39 Å². The van der Waals surface area contributed by atoms with Crippen molar-refractivity contribution in [3.63, 3.8) is 0 Å². The molecule has 0 atom stereocenters. The lowest BCUT2D eigenvalue weighted by atomic mass is 10.0. The van der Waals surface area contributed by atoms with Crippen molar-refractivity contribution in [2.24, 2.45) is 5.10 Å². The molecule has 1 heterocycles. The Morgan fingerprint density at radius 3 is 2.55 bits per heavy atom. The number of nitrogens with zero attached hydrogens (tertiary/aromatic N) is 1. The van der Waals surface area contributed by atoms with Gasteiger partial charge in [0.2, 0.25) is 0 Å². The van der Waals surface area contributed by atoms with Gasteiger partial charge in [-0.1, -0.05) is 42.5 Å². The zero-order valence-electron chi connectivity index (χ0n) is 15.6. The summed E-state index contributed by atoms with van der Waals surface area (Å²) in [6.45, 7) is 0. The Bertz CT molecular complexity index is 1180. The molecule has 6 heteroatoms. The van der Waals surface area contributed by atoms with E-state index in [0.717, 1.165) is 22.0 Å². The Balaban J connectivity index is 1.70. The highest BCUT2D eigenvalue weighted by Crippen LogP contribution is 2.34. The molecule has 4 rings (SSSR count). The number of methoxy groups -OCH3 is 1. The number of carbonyl (C=O) groups is 1. The first-order valence-electron chi connectivity index (χ1n) is 9.00. The van der Waals surface area contributed by atoms with Gasteiger partial charge in [0.05, 0.1) is 13.3 Å². The number of ether oxygens (including phenoxy) is 1. The number of hydrogen-bond donors (Lipinski definition) is 2. The third-order valence-electron chi connectivity index (χ3n) is 4.54. The Kier molecular flexibility index (Phi) is 5.07. The van der Waals surface area contributed by atoms with Gasteiger partial charge in [0.15, 0.2) is 0 Å². The molecule has 0 fully saturated rings. The molecule has 0 aliphatic rings. The molecule has 0 saturated heterocycles. The molecule has 3 aromatic carbocycles. The summed E-state index contributed by atoms with van der Waals surface area (Å²) in [7, 11) is 1.60. The number of nitrogens with one attached hydrogen (secondary N) is 2. The van der Waals surface area contributed by atoms with Crippen LogP contribution in [0.5, 0.6) is 5.75 Å². The van der Waals surface area contributed by atoms with Crippen LogP contribution in [0.3, 0.4) is 0 Å². The van der Waals surface area contributed by atoms with Gasteiger partial charge in [-0.2, -0.15) is 5.10 Å². The monoisotopic (exact) mass is 387 g/mol. The van der Waals surface area contributed by atoms with Crippen LogP contribution in [-0.2, 0) is 0 Å². The summed E-state index contributed by atoms with van der Waals surface area (Å²) in [4.78, 5) is 16.0. The van der Waals surface area contributed by atoms with Gasteiger partial charge < -0.3 is 9.72 Å². The van der Waals surface area contributed by atoms with E-state index in [9.17, 15) is 9.18 Å². The first-order chi connectivity index (χ1) is 14.2. The molecule has 0 saturated carbocycles. The highest BCUT2D eigenvalue weighted by Gasteiger charge is 2.19. The fourth-order valence-corrected chi connectivity index (χ4v) is 3.14. The van der Waals surface area contributed by atoms with Gasteiger partial charge in [0.1, 0.15) is 17.3 Å². The van der Waals surface area contributed by atoms with Gasteiger partial charge in [-0.25, -0.2) is 9.82 Å². The van der Waals surface area contributed by atoms with E-state index in [1.54, 1.807) is 19.2 Å². The standard InChI is InChI=1S/C23H18FN3O2/c1-29-18-11-12-20-19(13-18)21(16-5-3-2-4-6-16)22(26-20)23(28)27-25-14-15-7-9-17(24)10-8-15/h2-14,26H,1H3,(H,27,28). The van der Waals surface area contributed by atoms with Gasteiger partial charge >= 0.3 is 0 Å². The summed E-state index contributed by atoms with van der Waals surface area (Å²) < 4.78 is 18.3. The Morgan fingerprint density at radius 1 is 1.07 bits per heavy atom. The predicted molar refractivity (Wildman–Crippen MR) is 112 cm³/mol. The molecular formula is C23H18FN3O2. The molecule has 4 aromatic rings. The van der Waals surface area contributed by atoms with Crippen LogP contribution < -0.4 is 10.2 Å². The minimum absolute atomic E-state index is 0.327. The van der Waals surface area contributed by atoms with E-state index in [2.05, 4.69) is 15.5 Å². The van der Waals surface area contributed by atoms with Crippen LogP contribution in [0.2, 0.25) is 0 Å². The second kappa shape index (κ2) is 7.98. The van der Waals surface area contributed by atoms with Crippen LogP contribution in [0.1, 0.15) is 16.1 Å². The van der Waals surface area contributed by atoms with Crippen LogP contribution >= 0.6 is 0 Å². The normalized spacial score (nSPS) is 11.1. The lowest BCUT2D eigenvalue weighted by molar-refractivity contribution is 0.0951. The maximum Gasteiger partial charge on any atom is 0.288 e. The van der Waals surface area contributed by atoms with E-state index >= 15 is 0 Å². The van der Waals surface area contributed by atoms with Gasteiger partial charge in [-0.05, 0) is 41.5 Å². The Labute approximate surface area is 166 Å². The van der Waals surface area contributed by atoms with Crippen molar-refractivity contribution in [1.82, 2.24) is 10.4 Å². The number of hydrazone groups is 1. The number of fused-ring (bicyclic) bond motifs is 1. The van der Waals surface area contributed by atoms with Crippen molar-refractivity contribution in [1.29, 1.82) is 0 Å². The topological polar surface area (TPSA) is 66.5 Å². The fourth-order valence-electron chi connectivity index (χ4n) is 3.14. The van der Waals surface area contributed by atoms with E-state index in [1.165, 1.54) is 18.3 Å². The van der Waals surface area contributed by atoms with E-state index < -0.39 is 0 Å². The van der Waals surface area contributed by atoms with E-state index in [4.69, 9.17) is 4.74 Å². The first-order valence-corrected chi connectivity index (χ1v) is 9.00. The number of carbonyl (C=O) groups excluding carboxylic acids is 1. The summed E-state index contributed by atoms with van der Waals surface area (Å²) in [5, 5.41) is 4.87. The maximum absolute atomic E-state index is 13.0. The molecule has 0 unspecified atom stereocenters. The molecule has 0 aliphatic carbocycles. The second-order valence-corrected chi connectivity index (χ2v) is 6.40. The number of halogens is 1. The molecular weight excluding hydrogens is 369 g/mol. The van der Waals surface area contributed by atoms with Gasteiger partial charge in [0, 0.05) is 16.5 Å². The average Bonchev–Trinajstić information content (AvgIpc) is 3.14. The maximum atomic E-state index is 13.0. The lowest BCUT2D eigenvalue weighted by Gasteiger charge is -2.05. The number of aromatic amines is 1. The van der Waals surface area contributed by atoms with Crippen molar-refractivity contribution in [2.45, 2.75) is 0 Å². The molecule has 5 nitrogen and oxygen atoms in total. The lowest BCUT2D eigenvalue weighted by Crippen LogP contribution is -2.18. The summed E-state index contributed by atoms with van der Waals surface area (Å²) in [6.07, 6.45) is 1.46. The number of amides is 1. The zero-order valence-corrected chi connectivity index (χ0v) is 15.6. The predicted octanol–water partition coefficient (Wildman–Crippen LogP) is 4.75. The Morgan fingerprint density at radius 2 is 1.83 bits per heavy atom. The van der Waals surface area contributed by atoms with Crippen LogP contribution in [0.25, 0.3) is 22.0 Å². The zero-order chi connectivity index (χ0) is 20.2. The molecule has 144 valence electrons. The highest BCUT2D eigenvalue weighted by atomic mass is 19.1. The fraction of sp³-hybridized carbons (Fsp3) is 0.0435. The van der Waals surface area contributed by atoms with E-state index in [-0.39, 0.29) is 11.7 Å². The number of H-pyrrole nitrogens is 1. The van der Waals surface area contributed by atoms with Crippen LogP contribution in [-0.4, -0.2) is 24.2 Å². The van der Waals surface area contributed by atoms with Crippen molar-refractivity contribution in [3.8, 4) is 16.9 Å². The molecule has 29 heavy (non-hydrogen) atoms. The third-order valence-corrected chi connectivity index (χ3v) is 4.54. The summed E-state index contributed by atoms with van der Waals surface area (Å²) >= 11 is 0. The van der Waals surface area contributed by atoms with Gasteiger partial charge in [-0.3, -0.25) is 4.79 Å². The minimum atomic E-state index is -0.377. The highest BCUT2D eigenvalue weighted by molar-refractivity contribution is 6.10. The van der Waals surface area contributed by atoms with Crippen molar-refractivity contribution in [2.75, 3.05) is 7.11 Å². The van der Waals surface area contributed by atoms with Gasteiger partial charge in [-0.15, -0.1) is 0 Å². The van der Waals surface area contributed by atoms with Crippen LogP contribution in [0, 0.1) is 5.82 Å². The molecule has 0 aliphatic heterocycles. The van der Waals surface area contributed by atoms with Crippen molar-refractivity contribution < 1.29 is 13.9 Å². The molecule has 0 spiro atoms. The summed E-state index contributed by atoms with van der Waals surface area (Å²) in [5.74, 6) is -0.000422. The van der Waals surface area contributed by atoms with E-state index in [0.29, 0.717) is 17.0 Å². The summed E-state index contributed by atoms with van der Waals surface area (Å²) in [6, 6.07) is 21.1. The number of hydrogen-bond acceptors (Lipinski definition) is 3. The molecule has 1 amide bonds. The summed E-state index contributed by atoms with van der Waals surface area (Å²) in [5.41, 5.74) is 6.10. The number of rotatable bonds is 5. The second-order valence-electron chi connectivity index (χ2n) is 6.40.